The standard InChI is InChI=1S/C15H28/c1-13(2,3)14(4)9-11-15(12-10-14)7-5-6-8-15/h5-12H2,1-4H3. The molecule has 2 saturated carbocycles. The Kier molecular flexibility index (Phi) is 2.68. The predicted molar refractivity (Wildman–Crippen MR) is 66.9 cm³/mol. The monoisotopic (exact) mass is 208 g/mol. The van der Waals surface area contributed by atoms with Gasteiger partial charge in [-0.2, -0.15) is 0 Å². The van der Waals surface area contributed by atoms with Crippen molar-refractivity contribution in [3.8, 4) is 0 Å². The number of hydrogen-bond donors (Lipinski definition) is 0. The Morgan fingerprint density at radius 1 is 0.733 bits per heavy atom. The van der Waals surface area contributed by atoms with Gasteiger partial charge in [0.25, 0.3) is 0 Å². The van der Waals surface area contributed by atoms with Crippen LogP contribution in [0.3, 0.4) is 0 Å². The molecule has 0 amide bonds. The van der Waals surface area contributed by atoms with Crippen LogP contribution in [0, 0.1) is 16.2 Å². The van der Waals surface area contributed by atoms with E-state index < -0.39 is 0 Å². The molecule has 2 rings (SSSR count). The fourth-order valence-electron chi connectivity index (χ4n) is 3.71. The Labute approximate surface area is 95.8 Å². The zero-order valence-corrected chi connectivity index (χ0v) is 11.2. The average Bonchev–Trinajstić information content (AvgIpc) is 2.58. The minimum atomic E-state index is 0.493. The lowest BCUT2D eigenvalue weighted by Gasteiger charge is -2.50. The van der Waals surface area contributed by atoms with Crippen LogP contribution in [0.15, 0.2) is 0 Å². The molecule has 2 fully saturated rings. The molecule has 15 heavy (non-hydrogen) atoms. The van der Waals surface area contributed by atoms with E-state index in [4.69, 9.17) is 0 Å². The second-order valence-corrected chi connectivity index (χ2v) is 7.52. The van der Waals surface area contributed by atoms with Crippen molar-refractivity contribution in [1.82, 2.24) is 0 Å². The van der Waals surface area contributed by atoms with Gasteiger partial charge in [-0.05, 0) is 54.8 Å². The first-order valence-electron chi connectivity index (χ1n) is 6.87. The van der Waals surface area contributed by atoms with Crippen LogP contribution in [0.25, 0.3) is 0 Å². The van der Waals surface area contributed by atoms with E-state index in [9.17, 15) is 0 Å². The SMILES string of the molecule is CC(C)(C)C1(C)CCC2(CCCC2)CC1. The third-order valence-electron chi connectivity index (χ3n) is 5.89. The van der Waals surface area contributed by atoms with Gasteiger partial charge < -0.3 is 0 Å². The maximum absolute atomic E-state index is 2.52. The first-order valence-corrected chi connectivity index (χ1v) is 6.87. The first kappa shape index (κ1) is 11.5. The Hall–Kier alpha value is 0. The molecule has 0 aromatic carbocycles. The van der Waals surface area contributed by atoms with E-state index in [-0.39, 0.29) is 0 Å². The highest BCUT2D eigenvalue weighted by atomic mass is 14.5. The Bertz CT molecular complexity index is 215. The van der Waals surface area contributed by atoms with Crippen LogP contribution in [0.1, 0.15) is 79.1 Å². The highest BCUT2D eigenvalue weighted by molar-refractivity contribution is 4.97. The predicted octanol–water partition coefficient (Wildman–Crippen LogP) is 5.17. The van der Waals surface area contributed by atoms with E-state index in [0.29, 0.717) is 10.8 Å². The molecule has 0 aliphatic heterocycles. The van der Waals surface area contributed by atoms with Crippen molar-refractivity contribution in [2.24, 2.45) is 16.2 Å². The molecule has 0 aromatic rings. The molecule has 0 N–H and O–H groups in total. The van der Waals surface area contributed by atoms with Crippen LogP contribution in [-0.2, 0) is 0 Å². The lowest BCUT2D eigenvalue weighted by Crippen LogP contribution is -2.39. The minimum absolute atomic E-state index is 0.493. The van der Waals surface area contributed by atoms with Gasteiger partial charge in [0.1, 0.15) is 0 Å². The van der Waals surface area contributed by atoms with Gasteiger partial charge in [-0.25, -0.2) is 0 Å². The summed E-state index contributed by atoms with van der Waals surface area (Å²) in [6, 6.07) is 0. The van der Waals surface area contributed by atoms with Gasteiger partial charge in [-0.1, -0.05) is 40.5 Å². The van der Waals surface area contributed by atoms with Gasteiger partial charge in [0.2, 0.25) is 0 Å². The largest absolute Gasteiger partial charge is 0.0597 e. The molecule has 0 bridgehead atoms. The van der Waals surface area contributed by atoms with Crippen molar-refractivity contribution in [1.29, 1.82) is 0 Å². The van der Waals surface area contributed by atoms with Gasteiger partial charge in [-0.15, -0.1) is 0 Å². The molecule has 88 valence electrons. The van der Waals surface area contributed by atoms with E-state index in [0.717, 1.165) is 5.41 Å². The van der Waals surface area contributed by atoms with Crippen molar-refractivity contribution < 1.29 is 0 Å². The lowest BCUT2D eigenvalue weighted by atomic mass is 9.55. The summed E-state index contributed by atoms with van der Waals surface area (Å²) in [6.07, 6.45) is 12.0. The fraction of sp³-hybridized carbons (Fsp3) is 1.00. The molecule has 0 aromatic heterocycles. The van der Waals surface area contributed by atoms with Gasteiger partial charge in [0.05, 0.1) is 0 Å². The molecular formula is C15H28. The second-order valence-electron chi connectivity index (χ2n) is 7.52. The van der Waals surface area contributed by atoms with Crippen LogP contribution in [0.4, 0.5) is 0 Å². The van der Waals surface area contributed by atoms with E-state index in [1.807, 2.05) is 0 Å². The molecular weight excluding hydrogens is 180 g/mol. The van der Waals surface area contributed by atoms with Crippen LogP contribution in [0.5, 0.6) is 0 Å². The average molecular weight is 208 g/mol. The molecule has 0 saturated heterocycles. The molecule has 0 atom stereocenters. The lowest BCUT2D eigenvalue weighted by molar-refractivity contribution is 0.00745. The van der Waals surface area contributed by atoms with Gasteiger partial charge in [-0.3, -0.25) is 0 Å². The molecule has 0 nitrogen and oxygen atoms in total. The highest BCUT2D eigenvalue weighted by Crippen LogP contribution is 2.58. The third-order valence-corrected chi connectivity index (χ3v) is 5.89. The summed E-state index contributed by atoms with van der Waals surface area (Å²) >= 11 is 0. The maximum Gasteiger partial charge on any atom is -0.0277 e. The quantitative estimate of drug-likeness (QED) is 0.515. The fourth-order valence-corrected chi connectivity index (χ4v) is 3.71. The van der Waals surface area contributed by atoms with Crippen molar-refractivity contribution >= 4 is 0 Å². The van der Waals surface area contributed by atoms with E-state index in [1.54, 1.807) is 0 Å². The molecule has 0 unspecified atom stereocenters. The molecule has 0 heterocycles. The third kappa shape index (κ3) is 1.97. The number of hydrogen-bond acceptors (Lipinski definition) is 0. The minimum Gasteiger partial charge on any atom is -0.0597 e. The Morgan fingerprint density at radius 2 is 1.20 bits per heavy atom. The van der Waals surface area contributed by atoms with Crippen molar-refractivity contribution in [3.05, 3.63) is 0 Å². The van der Waals surface area contributed by atoms with Crippen LogP contribution in [-0.4, -0.2) is 0 Å². The summed E-state index contributed by atoms with van der Waals surface area (Å²) in [6.45, 7) is 9.81. The van der Waals surface area contributed by atoms with E-state index >= 15 is 0 Å². The maximum atomic E-state index is 2.52. The van der Waals surface area contributed by atoms with Crippen molar-refractivity contribution in [2.45, 2.75) is 79.1 Å². The summed E-state index contributed by atoms with van der Waals surface area (Å²) in [5.74, 6) is 0. The first-order chi connectivity index (χ1) is 6.87. The molecule has 2 aliphatic rings. The van der Waals surface area contributed by atoms with Gasteiger partial charge in [0.15, 0.2) is 0 Å². The van der Waals surface area contributed by atoms with Gasteiger partial charge >= 0.3 is 0 Å². The Morgan fingerprint density at radius 3 is 1.60 bits per heavy atom. The highest BCUT2D eigenvalue weighted by Gasteiger charge is 2.46. The summed E-state index contributed by atoms with van der Waals surface area (Å²) < 4.78 is 0. The van der Waals surface area contributed by atoms with Crippen LogP contribution >= 0.6 is 0 Å². The van der Waals surface area contributed by atoms with Crippen molar-refractivity contribution in [3.63, 3.8) is 0 Å². The summed E-state index contributed by atoms with van der Waals surface area (Å²) in [4.78, 5) is 0. The van der Waals surface area contributed by atoms with E-state index in [2.05, 4.69) is 27.7 Å². The van der Waals surface area contributed by atoms with Crippen LogP contribution in [0.2, 0.25) is 0 Å². The summed E-state index contributed by atoms with van der Waals surface area (Å²) in [5.41, 5.74) is 1.89. The zero-order valence-electron chi connectivity index (χ0n) is 11.2. The molecule has 2 aliphatic carbocycles. The van der Waals surface area contributed by atoms with Gasteiger partial charge in [0, 0.05) is 0 Å². The summed E-state index contributed by atoms with van der Waals surface area (Å²) in [7, 11) is 0. The molecule has 0 heteroatoms. The normalized spacial score (nSPS) is 29.6. The second kappa shape index (κ2) is 3.50. The smallest absolute Gasteiger partial charge is 0.0277 e. The zero-order chi connectivity index (χ0) is 11.2. The van der Waals surface area contributed by atoms with Crippen molar-refractivity contribution in [2.75, 3.05) is 0 Å². The molecule has 0 radical (unpaired) electrons. The number of rotatable bonds is 0. The Balaban J connectivity index is 2.02. The van der Waals surface area contributed by atoms with E-state index in [1.165, 1.54) is 51.4 Å². The molecule has 1 spiro atoms. The summed E-state index contributed by atoms with van der Waals surface area (Å²) in [5, 5.41) is 0. The topological polar surface area (TPSA) is 0 Å². The van der Waals surface area contributed by atoms with Crippen LogP contribution < -0.4 is 0 Å².